The van der Waals surface area contributed by atoms with Gasteiger partial charge in [0.2, 0.25) is 0 Å². The quantitative estimate of drug-likeness (QED) is 0.782. The molecule has 0 saturated heterocycles. The molecule has 1 aromatic heterocycles. The second kappa shape index (κ2) is 7.90. The van der Waals surface area contributed by atoms with Gasteiger partial charge in [0, 0.05) is 24.4 Å². The second-order valence-electron chi connectivity index (χ2n) is 5.90. The topological polar surface area (TPSA) is 103 Å². The van der Waals surface area contributed by atoms with Crippen molar-refractivity contribution in [2.75, 3.05) is 14.2 Å². The number of ether oxygens (including phenoxy) is 2. The highest BCUT2D eigenvalue weighted by molar-refractivity contribution is 5.96. The van der Waals surface area contributed by atoms with E-state index in [0.717, 1.165) is 0 Å². The van der Waals surface area contributed by atoms with E-state index in [2.05, 4.69) is 10.4 Å². The molecule has 2 aromatic rings. The summed E-state index contributed by atoms with van der Waals surface area (Å²) in [6.45, 7) is 3.52. The van der Waals surface area contributed by atoms with Gasteiger partial charge in [-0.15, -0.1) is 0 Å². The van der Waals surface area contributed by atoms with Crippen LogP contribution in [0.2, 0.25) is 0 Å². The van der Waals surface area contributed by atoms with Crippen LogP contribution in [-0.4, -0.2) is 41.0 Å². The Hall–Kier alpha value is -3.03. The van der Waals surface area contributed by atoms with Crippen molar-refractivity contribution in [2.24, 2.45) is 7.05 Å². The van der Waals surface area contributed by atoms with Crippen LogP contribution in [0.5, 0.6) is 11.5 Å². The van der Waals surface area contributed by atoms with Gasteiger partial charge in [0.15, 0.2) is 0 Å². The van der Waals surface area contributed by atoms with Gasteiger partial charge in [-0.1, -0.05) is 0 Å². The summed E-state index contributed by atoms with van der Waals surface area (Å²) in [5.74, 6) is -0.398. The standard InChI is InChI=1S/C18H23N3O5/c1-10-17(11(2)21(3)20-10)18(24)19-14(9-16(22)23)13-7-6-12(25-4)8-15(13)26-5/h6-8,14H,9H2,1-5H3,(H,19,24)(H,22,23). The molecule has 0 aliphatic heterocycles. The van der Waals surface area contributed by atoms with Crippen LogP contribution in [-0.2, 0) is 11.8 Å². The Labute approximate surface area is 151 Å². The number of hydrogen-bond acceptors (Lipinski definition) is 5. The molecule has 8 heteroatoms. The summed E-state index contributed by atoms with van der Waals surface area (Å²) in [5.41, 5.74) is 2.28. The van der Waals surface area contributed by atoms with Crippen molar-refractivity contribution in [2.45, 2.75) is 26.3 Å². The maximum Gasteiger partial charge on any atom is 0.305 e. The summed E-state index contributed by atoms with van der Waals surface area (Å²) in [4.78, 5) is 24.1. The first kappa shape index (κ1) is 19.3. The average Bonchev–Trinajstić information content (AvgIpc) is 2.85. The van der Waals surface area contributed by atoms with Crippen molar-refractivity contribution in [1.29, 1.82) is 0 Å². The first-order chi connectivity index (χ1) is 12.3. The molecule has 1 heterocycles. The molecule has 26 heavy (non-hydrogen) atoms. The third-order valence-corrected chi connectivity index (χ3v) is 4.24. The Morgan fingerprint density at radius 3 is 2.46 bits per heavy atom. The largest absolute Gasteiger partial charge is 0.497 e. The number of nitrogens with one attached hydrogen (secondary N) is 1. The Morgan fingerprint density at radius 1 is 1.27 bits per heavy atom. The van der Waals surface area contributed by atoms with E-state index < -0.39 is 12.0 Å². The van der Waals surface area contributed by atoms with Crippen LogP contribution in [0, 0.1) is 13.8 Å². The third-order valence-electron chi connectivity index (χ3n) is 4.24. The number of rotatable bonds is 7. The lowest BCUT2D eigenvalue weighted by Gasteiger charge is -2.20. The summed E-state index contributed by atoms with van der Waals surface area (Å²) < 4.78 is 12.1. The molecule has 1 amide bonds. The summed E-state index contributed by atoms with van der Waals surface area (Å²) in [7, 11) is 4.76. The van der Waals surface area contributed by atoms with E-state index in [9.17, 15) is 14.7 Å². The second-order valence-corrected chi connectivity index (χ2v) is 5.90. The fourth-order valence-corrected chi connectivity index (χ4v) is 2.85. The molecule has 0 bridgehead atoms. The zero-order chi connectivity index (χ0) is 19.4. The van der Waals surface area contributed by atoms with Crippen LogP contribution in [0.15, 0.2) is 18.2 Å². The maximum absolute atomic E-state index is 12.8. The van der Waals surface area contributed by atoms with Gasteiger partial charge < -0.3 is 19.9 Å². The van der Waals surface area contributed by atoms with E-state index in [1.807, 2.05) is 0 Å². The zero-order valence-electron chi connectivity index (χ0n) is 15.5. The van der Waals surface area contributed by atoms with Crippen LogP contribution in [0.25, 0.3) is 0 Å². The number of benzene rings is 1. The molecule has 140 valence electrons. The molecule has 0 fully saturated rings. The van der Waals surface area contributed by atoms with Crippen molar-refractivity contribution < 1.29 is 24.2 Å². The Bertz CT molecular complexity index is 828. The molecule has 1 aromatic carbocycles. The Kier molecular flexibility index (Phi) is 5.86. The van der Waals surface area contributed by atoms with Gasteiger partial charge in [-0.3, -0.25) is 14.3 Å². The molecule has 0 aliphatic carbocycles. The lowest BCUT2D eigenvalue weighted by Crippen LogP contribution is -2.31. The normalized spacial score (nSPS) is 11.7. The minimum absolute atomic E-state index is 0.285. The fourth-order valence-electron chi connectivity index (χ4n) is 2.85. The highest BCUT2D eigenvalue weighted by Crippen LogP contribution is 2.31. The SMILES string of the molecule is COc1ccc(C(CC(=O)O)NC(=O)c2c(C)nn(C)c2C)c(OC)c1. The van der Waals surface area contributed by atoms with Crippen molar-refractivity contribution >= 4 is 11.9 Å². The van der Waals surface area contributed by atoms with Crippen molar-refractivity contribution in [3.63, 3.8) is 0 Å². The molecule has 2 rings (SSSR count). The number of carbonyl (C=O) groups excluding carboxylic acids is 1. The summed E-state index contributed by atoms with van der Waals surface area (Å²) in [5, 5.41) is 16.3. The number of hydrogen-bond donors (Lipinski definition) is 2. The number of carboxylic acid groups (broad SMARTS) is 1. The first-order valence-corrected chi connectivity index (χ1v) is 8.03. The molecule has 0 saturated carbocycles. The van der Waals surface area contributed by atoms with Crippen LogP contribution in [0.4, 0.5) is 0 Å². The highest BCUT2D eigenvalue weighted by atomic mass is 16.5. The first-order valence-electron chi connectivity index (χ1n) is 8.03. The van der Waals surface area contributed by atoms with E-state index in [1.165, 1.54) is 14.2 Å². The number of aromatic nitrogens is 2. The van der Waals surface area contributed by atoms with Crippen molar-refractivity contribution in [1.82, 2.24) is 15.1 Å². The molecule has 8 nitrogen and oxygen atoms in total. The van der Waals surface area contributed by atoms with Crippen LogP contribution in [0.1, 0.15) is 39.8 Å². The number of aryl methyl sites for hydroxylation is 2. The Morgan fingerprint density at radius 2 is 1.96 bits per heavy atom. The van der Waals surface area contributed by atoms with Gasteiger partial charge in [0.25, 0.3) is 5.91 Å². The third kappa shape index (κ3) is 3.96. The number of methoxy groups -OCH3 is 2. The lowest BCUT2D eigenvalue weighted by atomic mass is 10.0. The van der Waals surface area contributed by atoms with Crippen molar-refractivity contribution in [3.8, 4) is 11.5 Å². The smallest absolute Gasteiger partial charge is 0.305 e. The predicted molar refractivity (Wildman–Crippen MR) is 94.7 cm³/mol. The van der Waals surface area contributed by atoms with Gasteiger partial charge >= 0.3 is 5.97 Å². The molecule has 2 N–H and O–H groups in total. The lowest BCUT2D eigenvalue weighted by molar-refractivity contribution is -0.137. The summed E-state index contributed by atoms with van der Waals surface area (Å²) in [6.07, 6.45) is -0.285. The van der Waals surface area contributed by atoms with E-state index >= 15 is 0 Å². The number of carboxylic acids is 1. The predicted octanol–water partition coefficient (Wildman–Crippen LogP) is 2.00. The minimum atomic E-state index is -1.03. The molecule has 0 aliphatic rings. The zero-order valence-corrected chi connectivity index (χ0v) is 15.5. The van der Waals surface area contributed by atoms with Gasteiger partial charge in [0.05, 0.1) is 37.9 Å². The number of nitrogens with zero attached hydrogens (tertiary/aromatic N) is 2. The minimum Gasteiger partial charge on any atom is -0.497 e. The molecule has 0 spiro atoms. The van der Waals surface area contributed by atoms with Crippen LogP contribution in [0.3, 0.4) is 0 Å². The molecule has 0 radical (unpaired) electrons. The number of carbonyl (C=O) groups is 2. The van der Waals surface area contributed by atoms with E-state index in [4.69, 9.17) is 9.47 Å². The van der Waals surface area contributed by atoms with Gasteiger partial charge in [-0.25, -0.2) is 0 Å². The number of aliphatic carboxylic acids is 1. The summed E-state index contributed by atoms with van der Waals surface area (Å²) in [6, 6.07) is 4.27. The molecular weight excluding hydrogens is 338 g/mol. The van der Waals surface area contributed by atoms with E-state index in [1.54, 1.807) is 43.8 Å². The summed E-state index contributed by atoms with van der Waals surface area (Å²) >= 11 is 0. The maximum atomic E-state index is 12.8. The van der Waals surface area contributed by atoms with Gasteiger partial charge in [0.1, 0.15) is 11.5 Å². The average molecular weight is 361 g/mol. The van der Waals surface area contributed by atoms with Crippen molar-refractivity contribution in [3.05, 3.63) is 40.7 Å². The van der Waals surface area contributed by atoms with Gasteiger partial charge in [-0.2, -0.15) is 5.10 Å². The van der Waals surface area contributed by atoms with Crippen LogP contribution >= 0.6 is 0 Å². The van der Waals surface area contributed by atoms with E-state index in [0.29, 0.717) is 34.0 Å². The van der Waals surface area contributed by atoms with Crippen LogP contribution < -0.4 is 14.8 Å². The molecule has 1 unspecified atom stereocenters. The monoisotopic (exact) mass is 361 g/mol. The van der Waals surface area contributed by atoms with E-state index in [-0.39, 0.29) is 12.3 Å². The molecule has 1 atom stereocenters. The fraction of sp³-hybridized carbons (Fsp3) is 0.389. The molecular formula is C18H23N3O5. The number of amides is 1. The highest BCUT2D eigenvalue weighted by Gasteiger charge is 2.25. The Balaban J connectivity index is 2.39. The van der Waals surface area contributed by atoms with Gasteiger partial charge in [-0.05, 0) is 26.0 Å².